The van der Waals surface area contributed by atoms with E-state index in [0.717, 1.165) is 0 Å². The van der Waals surface area contributed by atoms with Crippen molar-refractivity contribution in [1.82, 2.24) is 0 Å². The fraction of sp³-hybridized carbons (Fsp3) is 1.00. The zero-order valence-electron chi connectivity index (χ0n) is 11.0. The van der Waals surface area contributed by atoms with E-state index in [1.54, 1.807) is 0 Å². The van der Waals surface area contributed by atoms with Gasteiger partial charge < -0.3 is 4.43 Å². The normalized spacial score (nSPS) is 18.6. The van der Waals surface area contributed by atoms with Gasteiger partial charge in [0.15, 0.2) is 0 Å². The van der Waals surface area contributed by atoms with Crippen LogP contribution < -0.4 is 0 Å². The van der Waals surface area contributed by atoms with Crippen molar-refractivity contribution in [2.45, 2.75) is 69.5 Å². The number of hydrogen-bond acceptors (Lipinski definition) is 1. The molecular weight excluding hydrogens is 315 g/mol. The van der Waals surface area contributed by atoms with Gasteiger partial charge in [0.05, 0.1) is 0 Å². The molecule has 15 heavy (non-hydrogen) atoms. The SMILES string of the molecule is CCCCC(C)C(C)(I)O[Si]C(C)(C)C. The predicted molar refractivity (Wildman–Crippen MR) is 77.7 cm³/mol. The van der Waals surface area contributed by atoms with Gasteiger partial charge in [-0.05, 0) is 46.9 Å². The highest BCUT2D eigenvalue weighted by Gasteiger charge is 2.30. The minimum absolute atomic E-state index is 0.00133. The number of hydrogen-bond donors (Lipinski definition) is 0. The molecule has 0 amide bonds. The Morgan fingerprint density at radius 1 is 1.27 bits per heavy atom. The highest BCUT2D eigenvalue weighted by Crippen LogP contribution is 2.35. The van der Waals surface area contributed by atoms with Crippen molar-refractivity contribution in [1.29, 1.82) is 0 Å². The molecule has 0 aromatic heterocycles. The van der Waals surface area contributed by atoms with E-state index < -0.39 is 0 Å². The van der Waals surface area contributed by atoms with Crippen LogP contribution in [-0.2, 0) is 4.43 Å². The van der Waals surface area contributed by atoms with E-state index in [2.05, 4.69) is 64.1 Å². The van der Waals surface area contributed by atoms with Crippen LogP contribution in [0.25, 0.3) is 0 Å². The predicted octanol–water partition coefficient (Wildman–Crippen LogP) is 4.82. The minimum atomic E-state index is -0.00133. The summed E-state index contributed by atoms with van der Waals surface area (Å²) in [6.07, 6.45) is 3.85. The van der Waals surface area contributed by atoms with Crippen molar-refractivity contribution in [3.63, 3.8) is 0 Å². The van der Waals surface area contributed by atoms with E-state index in [1.165, 1.54) is 19.3 Å². The molecule has 0 heterocycles. The Bertz CT molecular complexity index is 175. The number of rotatable bonds is 6. The van der Waals surface area contributed by atoms with E-state index >= 15 is 0 Å². The van der Waals surface area contributed by atoms with Gasteiger partial charge >= 0.3 is 0 Å². The molecule has 0 fully saturated rings. The summed E-state index contributed by atoms with van der Waals surface area (Å²) in [7, 11) is 0.583. The molecule has 2 radical (unpaired) electrons. The van der Waals surface area contributed by atoms with Crippen LogP contribution in [0.1, 0.15) is 60.8 Å². The lowest BCUT2D eigenvalue weighted by Crippen LogP contribution is -2.33. The fourth-order valence-electron chi connectivity index (χ4n) is 1.12. The first-order valence-electron chi connectivity index (χ1n) is 5.83. The lowest BCUT2D eigenvalue weighted by atomic mass is 9.99. The van der Waals surface area contributed by atoms with Crippen LogP contribution in [0.5, 0.6) is 0 Å². The smallest absolute Gasteiger partial charge is 0.237 e. The van der Waals surface area contributed by atoms with E-state index in [9.17, 15) is 0 Å². The van der Waals surface area contributed by atoms with Crippen LogP contribution in [0.3, 0.4) is 0 Å². The van der Waals surface area contributed by atoms with E-state index in [-0.39, 0.29) is 8.65 Å². The Labute approximate surface area is 112 Å². The first kappa shape index (κ1) is 15.9. The molecular formula is C12H25IOSi. The summed E-state index contributed by atoms with van der Waals surface area (Å²) in [5.74, 6) is 0.632. The first-order valence-corrected chi connectivity index (χ1v) is 7.82. The second kappa shape index (κ2) is 6.60. The summed E-state index contributed by atoms with van der Waals surface area (Å²) in [5.41, 5.74) is 0. The van der Waals surface area contributed by atoms with Crippen molar-refractivity contribution < 1.29 is 4.43 Å². The summed E-state index contributed by atoms with van der Waals surface area (Å²) < 4.78 is 6.07. The largest absolute Gasteiger partial charge is 0.403 e. The monoisotopic (exact) mass is 340 g/mol. The zero-order chi connectivity index (χ0) is 12.1. The molecule has 0 aliphatic rings. The van der Waals surface area contributed by atoms with Crippen LogP contribution in [-0.4, -0.2) is 13.4 Å². The molecule has 0 rings (SSSR count). The third-order valence-electron chi connectivity index (χ3n) is 2.43. The average Bonchev–Trinajstić information content (AvgIpc) is 2.10. The van der Waals surface area contributed by atoms with Gasteiger partial charge in [-0.15, -0.1) is 0 Å². The average molecular weight is 340 g/mol. The van der Waals surface area contributed by atoms with Gasteiger partial charge in [0, 0.05) is 0 Å². The van der Waals surface area contributed by atoms with Crippen molar-refractivity contribution in [2.24, 2.45) is 5.92 Å². The number of halogens is 1. The van der Waals surface area contributed by atoms with Crippen LogP contribution in [0.4, 0.5) is 0 Å². The third kappa shape index (κ3) is 7.74. The van der Waals surface area contributed by atoms with Gasteiger partial charge in [-0.2, -0.15) is 0 Å². The Kier molecular flexibility index (Phi) is 6.99. The molecule has 0 bridgehead atoms. The maximum absolute atomic E-state index is 6.07. The number of alkyl halides is 1. The fourth-order valence-corrected chi connectivity index (χ4v) is 2.47. The molecule has 0 saturated carbocycles. The first-order chi connectivity index (χ1) is 6.69. The molecule has 2 unspecified atom stereocenters. The lowest BCUT2D eigenvalue weighted by Gasteiger charge is -2.32. The summed E-state index contributed by atoms with van der Waals surface area (Å²) in [5, 5.41) is 0.289. The Hall–Kier alpha value is 0.907. The van der Waals surface area contributed by atoms with Gasteiger partial charge in [-0.3, -0.25) is 0 Å². The summed E-state index contributed by atoms with van der Waals surface area (Å²) in [4.78, 5) is 0. The highest BCUT2D eigenvalue weighted by molar-refractivity contribution is 14.1. The molecule has 0 saturated heterocycles. The van der Waals surface area contributed by atoms with Gasteiger partial charge in [-0.25, -0.2) is 0 Å². The maximum atomic E-state index is 6.07. The highest BCUT2D eigenvalue weighted by atomic mass is 127. The molecule has 3 heteroatoms. The summed E-state index contributed by atoms with van der Waals surface area (Å²) in [6.45, 7) is 13.5. The molecule has 1 nitrogen and oxygen atoms in total. The second-order valence-corrected chi connectivity index (χ2v) is 9.53. The summed E-state index contributed by atoms with van der Waals surface area (Å²) in [6, 6.07) is 0. The van der Waals surface area contributed by atoms with Crippen molar-refractivity contribution in [2.75, 3.05) is 0 Å². The Balaban J connectivity index is 4.04. The molecule has 0 aliphatic heterocycles. The Morgan fingerprint density at radius 2 is 1.80 bits per heavy atom. The van der Waals surface area contributed by atoms with Gasteiger partial charge in [-0.1, -0.05) is 47.5 Å². The van der Waals surface area contributed by atoms with E-state index in [0.29, 0.717) is 15.7 Å². The van der Waals surface area contributed by atoms with Crippen molar-refractivity contribution in [3.05, 3.63) is 0 Å². The summed E-state index contributed by atoms with van der Waals surface area (Å²) >= 11 is 2.47. The second-order valence-electron chi connectivity index (χ2n) is 5.48. The van der Waals surface area contributed by atoms with Gasteiger partial charge in [0.25, 0.3) is 0 Å². The third-order valence-corrected chi connectivity index (χ3v) is 5.27. The van der Waals surface area contributed by atoms with Crippen molar-refractivity contribution in [3.8, 4) is 0 Å². The molecule has 0 aromatic carbocycles. The van der Waals surface area contributed by atoms with Crippen LogP contribution in [0.2, 0.25) is 5.04 Å². The molecule has 0 N–H and O–H groups in total. The van der Waals surface area contributed by atoms with Crippen LogP contribution in [0.15, 0.2) is 0 Å². The standard InChI is InChI=1S/C12H25IOSi/c1-7-8-9-10(2)12(6,13)14-15-11(3,4)5/h10H,7-9H2,1-6H3. The van der Waals surface area contributed by atoms with E-state index in [4.69, 9.17) is 4.43 Å². The molecule has 90 valence electrons. The molecule has 0 aromatic rings. The Morgan fingerprint density at radius 3 is 2.20 bits per heavy atom. The molecule has 0 aliphatic carbocycles. The van der Waals surface area contributed by atoms with Gasteiger partial charge in [0.1, 0.15) is 3.61 Å². The number of unbranched alkanes of at least 4 members (excludes halogenated alkanes) is 1. The molecule has 0 spiro atoms. The van der Waals surface area contributed by atoms with Crippen LogP contribution >= 0.6 is 22.6 Å². The molecule has 2 atom stereocenters. The van der Waals surface area contributed by atoms with Gasteiger partial charge in [0.2, 0.25) is 9.76 Å². The lowest BCUT2D eigenvalue weighted by molar-refractivity contribution is 0.137. The quantitative estimate of drug-likeness (QED) is 0.383. The maximum Gasteiger partial charge on any atom is 0.237 e. The van der Waals surface area contributed by atoms with E-state index in [1.807, 2.05) is 0 Å². The van der Waals surface area contributed by atoms with Crippen molar-refractivity contribution >= 4 is 32.4 Å². The topological polar surface area (TPSA) is 9.23 Å². The minimum Gasteiger partial charge on any atom is -0.403 e. The van der Waals surface area contributed by atoms with Crippen LogP contribution in [0, 0.1) is 5.92 Å². The zero-order valence-corrected chi connectivity index (χ0v) is 14.1.